The first-order chi connectivity index (χ1) is 7.63. The SMILES string of the molecule is CN(CCC(O)(P(=O)(O)O)P(=O)(O)O)C(C)(C)C. The zero-order valence-electron chi connectivity index (χ0n) is 10.8. The van der Waals surface area contributed by atoms with Gasteiger partial charge in [0.2, 0.25) is 0 Å². The third-order valence-electron chi connectivity index (χ3n) is 2.86. The average Bonchev–Trinajstić information content (AvgIpc) is 2.07. The number of hydrogen-bond acceptors (Lipinski definition) is 4. The summed E-state index contributed by atoms with van der Waals surface area (Å²) in [7, 11) is -9.08. The van der Waals surface area contributed by atoms with Crippen LogP contribution in [0.2, 0.25) is 0 Å². The molecule has 5 N–H and O–H groups in total. The Bertz CT molecular complexity index is 357. The molecule has 10 heteroatoms. The van der Waals surface area contributed by atoms with Gasteiger partial charge in [-0.05, 0) is 27.8 Å². The average molecular weight is 305 g/mol. The van der Waals surface area contributed by atoms with Crippen molar-refractivity contribution >= 4 is 15.2 Å². The van der Waals surface area contributed by atoms with Crippen molar-refractivity contribution in [3.63, 3.8) is 0 Å². The van der Waals surface area contributed by atoms with E-state index in [0.29, 0.717) is 0 Å². The van der Waals surface area contributed by atoms with Crippen LogP contribution in [0.15, 0.2) is 0 Å². The maximum absolute atomic E-state index is 11.1. The maximum Gasteiger partial charge on any atom is 0.369 e. The zero-order chi connectivity index (χ0) is 15.0. The van der Waals surface area contributed by atoms with Gasteiger partial charge in [-0.15, -0.1) is 0 Å². The molecule has 0 heterocycles. The molecule has 0 atom stereocenters. The Morgan fingerprint density at radius 2 is 1.33 bits per heavy atom. The summed E-state index contributed by atoms with van der Waals surface area (Å²) in [6.07, 6.45) is -0.727. The molecular weight excluding hydrogens is 284 g/mol. The van der Waals surface area contributed by atoms with Gasteiger partial charge in [-0.3, -0.25) is 9.13 Å². The van der Waals surface area contributed by atoms with E-state index in [1.165, 1.54) is 0 Å². The van der Waals surface area contributed by atoms with Gasteiger partial charge in [0, 0.05) is 18.5 Å². The molecule has 0 amide bonds. The van der Waals surface area contributed by atoms with Crippen LogP contribution in [0, 0.1) is 0 Å². The van der Waals surface area contributed by atoms with Crippen LogP contribution in [-0.2, 0) is 9.13 Å². The minimum Gasteiger partial charge on any atom is -0.367 e. The molecule has 0 rings (SSSR count). The lowest BCUT2D eigenvalue weighted by atomic mass is 10.1. The lowest BCUT2D eigenvalue weighted by molar-refractivity contribution is 0.0934. The highest BCUT2D eigenvalue weighted by Crippen LogP contribution is 2.68. The Labute approximate surface area is 106 Å². The minimum atomic E-state index is -5.35. The van der Waals surface area contributed by atoms with Crippen LogP contribution in [0.1, 0.15) is 27.2 Å². The summed E-state index contributed by atoms with van der Waals surface area (Å²) in [4.78, 5) is 37.4. The highest BCUT2D eigenvalue weighted by Gasteiger charge is 2.59. The molecular formula is C8H21NO7P2. The predicted octanol–water partition coefficient (Wildman–Crippen LogP) is 0.108. The second-order valence-corrected chi connectivity index (χ2v) is 9.21. The third-order valence-corrected chi connectivity index (χ3v) is 6.74. The van der Waals surface area contributed by atoms with E-state index in [4.69, 9.17) is 19.6 Å². The number of aliphatic hydroxyl groups is 1. The second-order valence-electron chi connectivity index (χ2n) is 5.20. The number of nitrogens with zero attached hydrogens (tertiary/aromatic N) is 1. The van der Waals surface area contributed by atoms with E-state index in [9.17, 15) is 14.2 Å². The fraction of sp³-hybridized carbons (Fsp3) is 1.00. The Balaban J connectivity index is 5.11. The summed E-state index contributed by atoms with van der Waals surface area (Å²) in [5, 5.41) is 6.31. The van der Waals surface area contributed by atoms with Gasteiger partial charge in [0.05, 0.1) is 0 Å². The van der Waals surface area contributed by atoms with Gasteiger partial charge in [0.15, 0.2) is 0 Å². The van der Waals surface area contributed by atoms with Crippen molar-refractivity contribution in [2.24, 2.45) is 0 Å². The van der Waals surface area contributed by atoms with Crippen LogP contribution in [0.5, 0.6) is 0 Å². The predicted molar refractivity (Wildman–Crippen MR) is 66.0 cm³/mol. The van der Waals surface area contributed by atoms with Crippen LogP contribution < -0.4 is 0 Å². The van der Waals surface area contributed by atoms with E-state index in [2.05, 4.69) is 0 Å². The van der Waals surface area contributed by atoms with Crippen molar-refractivity contribution in [3.05, 3.63) is 0 Å². The summed E-state index contributed by atoms with van der Waals surface area (Å²) < 4.78 is 22.2. The van der Waals surface area contributed by atoms with Gasteiger partial charge in [0.25, 0.3) is 5.08 Å². The van der Waals surface area contributed by atoms with Crippen molar-refractivity contribution in [1.29, 1.82) is 0 Å². The molecule has 0 unspecified atom stereocenters. The molecule has 0 saturated heterocycles. The smallest absolute Gasteiger partial charge is 0.367 e. The van der Waals surface area contributed by atoms with Crippen molar-refractivity contribution in [3.8, 4) is 0 Å². The Morgan fingerprint density at radius 3 is 1.56 bits per heavy atom. The van der Waals surface area contributed by atoms with Gasteiger partial charge >= 0.3 is 15.2 Å². The highest BCUT2D eigenvalue weighted by atomic mass is 31.2. The summed E-state index contributed by atoms with van der Waals surface area (Å²) in [6.45, 7) is 5.39. The van der Waals surface area contributed by atoms with Crippen LogP contribution >= 0.6 is 15.2 Å². The first-order valence-corrected chi connectivity index (χ1v) is 8.40. The van der Waals surface area contributed by atoms with Gasteiger partial charge in [-0.25, -0.2) is 0 Å². The van der Waals surface area contributed by atoms with Crippen LogP contribution in [0.25, 0.3) is 0 Å². The van der Waals surface area contributed by atoms with E-state index in [-0.39, 0.29) is 12.1 Å². The normalized spacial score (nSPS) is 15.2. The van der Waals surface area contributed by atoms with Crippen LogP contribution in [-0.4, -0.2) is 53.8 Å². The Hall–Kier alpha value is 0.220. The van der Waals surface area contributed by atoms with Crippen molar-refractivity contribution in [1.82, 2.24) is 4.90 Å². The van der Waals surface area contributed by atoms with Crippen LogP contribution in [0.3, 0.4) is 0 Å². The van der Waals surface area contributed by atoms with E-state index in [1.807, 2.05) is 20.8 Å². The fourth-order valence-electron chi connectivity index (χ4n) is 1.11. The van der Waals surface area contributed by atoms with Crippen molar-refractivity contribution in [2.75, 3.05) is 13.6 Å². The van der Waals surface area contributed by atoms with Crippen molar-refractivity contribution < 1.29 is 33.8 Å². The first-order valence-electron chi connectivity index (χ1n) is 5.18. The van der Waals surface area contributed by atoms with E-state index in [0.717, 1.165) is 0 Å². The van der Waals surface area contributed by atoms with Gasteiger partial charge < -0.3 is 29.6 Å². The molecule has 8 nitrogen and oxygen atoms in total. The third kappa shape index (κ3) is 4.11. The molecule has 18 heavy (non-hydrogen) atoms. The van der Waals surface area contributed by atoms with E-state index < -0.39 is 26.7 Å². The summed E-state index contributed by atoms with van der Waals surface area (Å²) in [5.41, 5.74) is -0.356. The molecule has 0 aromatic rings. The fourth-order valence-corrected chi connectivity index (χ4v) is 3.25. The molecule has 0 aliphatic heterocycles. The second kappa shape index (κ2) is 5.31. The largest absolute Gasteiger partial charge is 0.369 e. The van der Waals surface area contributed by atoms with Gasteiger partial charge in [-0.1, -0.05) is 0 Å². The van der Waals surface area contributed by atoms with E-state index in [1.54, 1.807) is 11.9 Å². The first kappa shape index (κ1) is 18.2. The monoisotopic (exact) mass is 305 g/mol. The lowest BCUT2D eigenvalue weighted by Crippen LogP contribution is -2.42. The van der Waals surface area contributed by atoms with Gasteiger partial charge in [0.1, 0.15) is 0 Å². The molecule has 0 radical (unpaired) electrons. The zero-order valence-corrected chi connectivity index (χ0v) is 12.6. The van der Waals surface area contributed by atoms with E-state index >= 15 is 0 Å². The van der Waals surface area contributed by atoms with Crippen LogP contribution in [0.4, 0.5) is 0 Å². The highest BCUT2D eigenvalue weighted by molar-refractivity contribution is 7.72. The molecule has 0 spiro atoms. The maximum atomic E-state index is 11.1. The molecule has 0 aromatic carbocycles. The quantitative estimate of drug-likeness (QED) is 0.451. The standard InChI is InChI=1S/C8H21NO7P2/c1-7(2,3)9(4)6-5-8(10,17(11,12)13)18(14,15)16/h10H,5-6H2,1-4H3,(H2,11,12,13)(H2,14,15,16). The minimum absolute atomic E-state index is 0.0732. The molecule has 110 valence electrons. The Morgan fingerprint density at radius 1 is 1.00 bits per heavy atom. The number of hydrogen-bond donors (Lipinski definition) is 5. The summed E-state index contributed by atoms with van der Waals surface area (Å²) >= 11 is 0. The van der Waals surface area contributed by atoms with Gasteiger partial charge in [-0.2, -0.15) is 0 Å². The molecule has 0 aromatic heterocycles. The van der Waals surface area contributed by atoms with Crippen molar-refractivity contribution in [2.45, 2.75) is 37.8 Å². The molecule has 0 aliphatic rings. The lowest BCUT2D eigenvalue weighted by Gasteiger charge is -2.35. The summed E-state index contributed by atoms with van der Waals surface area (Å²) in [5.74, 6) is 0. The molecule has 0 saturated carbocycles. The Kier molecular flexibility index (Phi) is 5.37. The topological polar surface area (TPSA) is 139 Å². The number of rotatable bonds is 5. The summed E-state index contributed by atoms with van der Waals surface area (Å²) in [6, 6.07) is 0. The molecule has 0 aliphatic carbocycles. The molecule has 0 bridgehead atoms. The molecule has 0 fully saturated rings.